The third kappa shape index (κ3) is 1.96. The summed E-state index contributed by atoms with van der Waals surface area (Å²) in [5, 5.41) is 3.59. The lowest BCUT2D eigenvalue weighted by molar-refractivity contribution is 0.567. The van der Waals surface area contributed by atoms with Gasteiger partial charge in [0.15, 0.2) is 0 Å². The largest absolute Gasteiger partial charge is 0.306 e. The normalized spacial score (nSPS) is 18.8. The minimum Gasteiger partial charge on any atom is -0.306 e. The van der Waals surface area contributed by atoms with Gasteiger partial charge in [-0.3, -0.25) is 4.98 Å². The highest BCUT2D eigenvalue weighted by atomic mass is 14.9. The quantitative estimate of drug-likeness (QED) is 0.805. The zero-order chi connectivity index (χ0) is 11.7. The number of nitrogens with one attached hydrogen (secondary N) is 1. The SMILES string of the molecule is Cc1ccc2c(c1)C(c1ccncc1)NCC2. The molecule has 1 aliphatic rings. The van der Waals surface area contributed by atoms with Gasteiger partial charge in [0.25, 0.3) is 0 Å². The standard InChI is InChI=1S/C15H16N2/c1-11-2-3-12-6-9-17-15(14(12)10-11)13-4-7-16-8-5-13/h2-5,7-8,10,15,17H,6,9H2,1H3. The third-order valence-electron chi connectivity index (χ3n) is 3.39. The van der Waals surface area contributed by atoms with Gasteiger partial charge in [0, 0.05) is 18.9 Å². The number of aromatic nitrogens is 1. The van der Waals surface area contributed by atoms with E-state index in [2.05, 4.69) is 47.6 Å². The highest BCUT2D eigenvalue weighted by Crippen LogP contribution is 2.28. The number of hydrogen-bond donors (Lipinski definition) is 1. The fourth-order valence-corrected chi connectivity index (χ4v) is 2.53. The van der Waals surface area contributed by atoms with Gasteiger partial charge in [0.2, 0.25) is 0 Å². The number of fused-ring (bicyclic) bond motifs is 1. The molecule has 17 heavy (non-hydrogen) atoms. The van der Waals surface area contributed by atoms with E-state index in [1.165, 1.54) is 22.3 Å². The molecule has 2 heterocycles. The Labute approximate surface area is 102 Å². The number of nitrogens with zero attached hydrogens (tertiary/aromatic N) is 1. The smallest absolute Gasteiger partial charge is 0.0580 e. The summed E-state index contributed by atoms with van der Waals surface area (Å²) in [4.78, 5) is 4.09. The molecule has 1 aromatic heterocycles. The van der Waals surface area contributed by atoms with Gasteiger partial charge in [0.1, 0.15) is 0 Å². The number of benzene rings is 1. The lowest BCUT2D eigenvalue weighted by atomic mass is 9.89. The van der Waals surface area contributed by atoms with E-state index in [1.54, 1.807) is 0 Å². The fourth-order valence-electron chi connectivity index (χ4n) is 2.53. The van der Waals surface area contributed by atoms with E-state index in [0.717, 1.165) is 13.0 Å². The maximum atomic E-state index is 4.09. The second-order valence-corrected chi connectivity index (χ2v) is 4.62. The topological polar surface area (TPSA) is 24.9 Å². The van der Waals surface area contributed by atoms with Crippen molar-refractivity contribution in [2.75, 3.05) is 6.54 Å². The molecule has 2 heteroatoms. The van der Waals surface area contributed by atoms with Crippen molar-refractivity contribution in [3.05, 3.63) is 65.0 Å². The molecular weight excluding hydrogens is 208 g/mol. The van der Waals surface area contributed by atoms with Crippen molar-refractivity contribution in [3.63, 3.8) is 0 Å². The molecule has 1 atom stereocenters. The van der Waals surface area contributed by atoms with Gasteiger partial charge in [0.05, 0.1) is 6.04 Å². The van der Waals surface area contributed by atoms with E-state index < -0.39 is 0 Å². The molecule has 2 nitrogen and oxygen atoms in total. The molecule has 0 radical (unpaired) electrons. The Morgan fingerprint density at radius 1 is 1.18 bits per heavy atom. The Hall–Kier alpha value is -1.67. The van der Waals surface area contributed by atoms with Crippen molar-refractivity contribution >= 4 is 0 Å². The van der Waals surface area contributed by atoms with Crippen LogP contribution in [0.2, 0.25) is 0 Å². The van der Waals surface area contributed by atoms with Crippen LogP contribution in [0, 0.1) is 6.92 Å². The molecular formula is C15H16N2. The van der Waals surface area contributed by atoms with E-state index in [4.69, 9.17) is 0 Å². The summed E-state index contributed by atoms with van der Waals surface area (Å²) in [7, 11) is 0. The number of hydrogen-bond acceptors (Lipinski definition) is 2. The van der Waals surface area contributed by atoms with E-state index in [9.17, 15) is 0 Å². The highest BCUT2D eigenvalue weighted by Gasteiger charge is 2.20. The molecule has 2 aromatic rings. The Morgan fingerprint density at radius 2 is 2.00 bits per heavy atom. The van der Waals surface area contributed by atoms with Crippen LogP contribution in [0.4, 0.5) is 0 Å². The number of rotatable bonds is 1. The van der Waals surface area contributed by atoms with Crippen molar-refractivity contribution in [2.24, 2.45) is 0 Å². The van der Waals surface area contributed by atoms with Crippen molar-refractivity contribution in [1.29, 1.82) is 0 Å². The Balaban J connectivity index is 2.08. The zero-order valence-corrected chi connectivity index (χ0v) is 9.98. The predicted octanol–water partition coefficient (Wildman–Crippen LogP) is 2.63. The lowest BCUT2D eigenvalue weighted by Crippen LogP contribution is -2.30. The van der Waals surface area contributed by atoms with Crippen LogP contribution >= 0.6 is 0 Å². The van der Waals surface area contributed by atoms with Gasteiger partial charge in [-0.1, -0.05) is 23.8 Å². The van der Waals surface area contributed by atoms with Crippen LogP contribution in [0.3, 0.4) is 0 Å². The van der Waals surface area contributed by atoms with Crippen molar-refractivity contribution < 1.29 is 0 Å². The van der Waals surface area contributed by atoms with Crippen LogP contribution in [-0.4, -0.2) is 11.5 Å². The van der Waals surface area contributed by atoms with Gasteiger partial charge in [-0.2, -0.15) is 0 Å². The van der Waals surface area contributed by atoms with Crippen molar-refractivity contribution in [2.45, 2.75) is 19.4 Å². The Morgan fingerprint density at radius 3 is 2.82 bits per heavy atom. The van der Waals surface area contributed by atoms with Crippen LogP contribution in [0.5, 0.6) is 0 Å². The molecule has 0 spiro atoms. The number of pyridine rings is 1. The first-order valence-corrected chi connectivity index (χ1v) is 6.07. The molecule has 1 N–H and O–H groups in total. The monoisotopic (exact) mass is 224 g/mol. The summed E-state index contributed by atoms with van der Waals surface area (Å²) < 4.78 is 0. The summed E-state index contributed by atoms with van der Waals surface area (Å²) >= 11 is 0. The first-order valence-electron chi connectivity index (χ1n) is 6.07. The lowest BCUT2D eigenvalue weighted by Gasteiger charge is -2.27. The average Bonchev–Trinajstić information content (AvgIpc) is 2.39. The second-order valence-electron chi connectivity index (χ2n) is 4.62. The Bertz CT molecular complexity index is 520. The maximum absolute atomic E-state index is 4.09. The summed E-state index contributed by atoms with van der Waals surface area (Å²) in [6.45, 7) is 3.20. The first kappa shape index (κ1) is 10.5. The van der Waals surface area contributed by atoms with Crippen LogP contribution in [0.15, 0.2) is 42.7 Å². The molecule has 86 valence electrons. The van der Waals surface area contributed by atoms with Crippen LogP contribution in [-0.2, 0) is 6.42 Å². The molecule has 0 fully saturated rings. The number of aryl methyl sites for hydroxylation is 1. The molecule has 0 saturated heterocycles. The first-order chi connectivity index (χ1) is 8.34. The van der Waals surface area contributed by atoms with Gasteiger partial charge < -0.3 is 5.32 Å². The van der Waals surface area contributed by atoms with Crippen LogP contribution in [0.1, 0.15) is 28.3 Å². The van der Waals surface area contributed by atoms with E-state index >= 15 is 0 Å². The second kappa shape index (κ2) is 4.30. The summed E-state index contributed by atoms with van der Waals surface area (Å²) in [6.07, 6.45) is 4.85. The van der Waals surface area contributed by atoms with Crippen molar-refractivity contribution in [1.82, 2.24) is 10.3 Å². The summed E-state index contributed by atoms with van der Waals surface area (Å²) in [6, 6.07) is 11.3. The molecule has 1 unspecified atom stereocenters. The minimum absolute atomic E-state index is 0.321. The van der Waals surface area contributed by atoms with Gasteiger partial charge >= 0.3 is 0 Å². The molecule has 0 amide bonds. The zero-order valence-electron chi connectivity index (χ0n) is 9.98. The predicted molar refractivity (Wildman–Crippen MR) is 69.0 cm³/mol. The highest BCUT2D eigenvalue weighted by molar-refractivity contribution is 5.41. The van der Waals surface area contributed by atoms with Crippen molar-refractivity contribution in [3.8, 4) is 0 Å². The maximum Gasteiger partial charge on any atom is 0.0580 e. The molecule has 3 rings (SSSR count). The fraction of sp³-hybridized carbons (Fsp3) is 0.267. The molecule has 0 aliphatic carbocycles. The Kier molecular flexibility index (Phi) is 2.65. The van der Waals surface area contributed by atoms with E-state index in [1.807, 2.05) is 12.4 Å². The minimum atomic E-state index is 0.321. The van der Waals surface area contributed by atoms with Gasteiger partial charge in [-0.05, 0) is 42.2 Å². The van der Waals surface area contributed by atoms with E-state index in [-0.39, 0.29) is 0 Å². The van der Waals surface area contributed by atoms with Gasteiger partial charge in [-0.25, -0.2) is 0 Å². The van der Waals surface area contributed by atoms with E-state index in [0.29, 0.717) is 6.04 Å². The van der Waals surface area contributed by atoms with Gasteiger partial charge in [-0.15, -0.1) is 0 Å². The molecule has 1 aliphatic heterocycles. The molecule has 0 bridgehead atoms. The van der Waals surface area contributed by atoms with Crippen LogP contribution in [0.25, 0.3) is 0 Å². The van der Waals surface area contributed by atoms with Crippen LogP contribution < -0.4 is 5.32 Å². The molecule has 1 aromatic carbocycles. The average molecular weight is 224 g/mol. The summed E-state index contributed by atoms with van der Waals surface area (Å²) in [5.41, 5.74) is 5.51. The third-order valence-corrected chi connectivity index (χ3v) is 3.39. The molecule has 0 saturated carbocycles. The summed E-state index contributed by atoms with van der Waals surface area (Å²) in [5.74, 6) is 0.